The Morgan fingerprint density at radius 3 is 2.38 bits per heavy atom. The van der Waals surface area contributed by atoms with Crippen LogP contribution in [-0.4, -0.2) is 32.2 Å². The number of likely N-dealkylation sites (N-methyl/N-ethyl adjacent to an activating group) is 1. The predicted octanol–water partition coefficient (Wildman–Crippen LogP) is 3.07. The highest BCUT2D eigenvalue weighted by molar-refractivity contribution is 7.89. The minimum atomic E-state index is -3.68. The van der Waals surface area contributed by atoms with Gasteiger partial charge in [-0.2, -0.15) is 4.31 Å². The lowest BCUT2D eigenvalue weighted by atomic mass is 10.0. The fourth-order valence-corrected chi connectivity index (χ4v) is 3.38. The van der Waals surface area contributed by atoms with Gasteiger partial charge in [0.15, 0.2) is 0 Å². The molecular formula is C18H22N2O3S. The fraction of sp³-hybridized carbons (Fsp3) is 0.278. The van der Waals surface area contributed by atoms with E-state index in [9.17, 15) is 13.2 Å². The maximum absolute atomic E-state index is 12.4. The van der Waals surface area contributed by atoms with Crippen LogP contribution in [0.2, 0.25) is 0 Å². The van der Waals surface area contributed by atoms with Crippen LogP contribution < -0.4 is 5.32 Å². The minimum Gasteiger partial charge on any atom is -0.325 e. The normalized spacial score (nSPS) is 11.7. The Kier molecular flexibility index (Phi) is 5.75. The van der Waals surface area contributed by atoms with Gasteiger partial charge in [-0.1, -0.05) is 44.2 Å². The summed E-state index contributed by atoms with van der Waals surface area (Å²) in [7, 11) is -2.28. The van der Waals surface area contributed by atoms with E-state index < -0.39 is 10.0 Å². The molecule has 0 aliphatic carbocycles. The highest BCUT2D eigenvalue weighted by atomic mass is 32.2. The Morgan fingerprint density at radius 1 is 1.08 bits per heavy atom. The van der Waals surface area contributed by atoms with Crippen LogP contribution in [0.15, 0.2) is 59.5 Å². The van der Waals surface area contributed by atoms with Gasteiger partial charge in [-0.25, -0.2) is 8.42 Å². The van der Waals surface area contributed by atoms with Gasteiger partial charge in [0, 0.05) is 12.7 Å². The summed E-state index contributed by atoms with van der Waals surface area (Å²) in [5, 5.41) is 2.75. The first kappa shape index (κ1) is 18.2. The number of anilines is 1. The summed E-state index contributed by atoms with van der Waals surface area (Å²) in [6.07, 6.45) is 0. The van der Waals surface area contributed by atoms with E-state index in [4.69, 9.17) is 0 Å². The van der Waals surface area contributed by atoms with Crippen LogP contribution in [0.1, 0.15) is 25.3 Å². The molecule has 0 heterocycles. The van der Waals surface area contributed by atoms with Crippen molar-refractivity contribution in [2.24, 2.45) is 0 Å². The van der Waals surface area contributed by atoms with Crippen LogP contribution in [0.3, 0.4) is 0 Å². The molecule has 0 saturated carbocycles. The van der Waals surface area contributed by atoms with E-state index in [2.05, 4.69) is 19.2 Å². The summed E-state index contributed by atoms with van der Waals surface area (Å²) in [4.78, 5) is 12.3. The number of nitrogens with one attached hydrogen (secondary N) is 1. The number of rotatable bonds is 6. The molecule has 0 saturated heterocycles. The van der Waals surface area contributed by atoms with Crippen LogP contribution in [0.25, 0.3) is 0 Å². The number of hydrogen-bond donors (Lipinski definition) is 1. The summed E-state index contributed by atoms with van der Waals surface area (Å²) in [5.74, 6) is -0.0269. The molecule has 0 atom stereocenters. The molecule has 2 aromatic rings. The van der Waals surface area contributed by atoms with E-state index >= 15 is 0 Å². The van der Waals surface area contributed by atoms with Crippen molar-refractivity contribution >= 4 is 21.6 Å². The molecule has 2 aromatic carbocycles. The number of benzene rings is 2. The summed E-state index contributed by atoms with van der Waals surface area (Å²) in [5.41, 5.74) is 1.77. The Hall–Kier alpha value is -2.18. The van der Waals surface area contributed by atoms with Crippen LogP contribution in [0, 0.1) is 0 Å². The highest BCUT2D eigenvalue weighted by Crippen LogP contribution is 2.19. The lowest BCUT2D eigenvalue weighted by molar-refractivity contribution is -0.116. The average Bonchev–Trinajstić information content (AvgIpc) is 2.55. The summed E-state index contributed by atoms with van der Waals surface area (Å²) in [6.45, 7) is 3.89. The largest absolute Gasteiger partial charge is 0.325 e. The van der Waals surface area contributed by atoms with E-state index in [1.54, 1.807) is 24.3 Å². The summed E-state index contributed by atoms with van der Waals surface area (Å²) < 4.78 is 25.9. The SMILES string of the molecule is CC(C)c1cccc(NC(=O)CN(C)S(=O)(=O)c2ccccc2)c1. The molecule has 6 heteroatoms. The third-order valence-electron chi connectivity index (χ3n) is 3.65. The quantitative estimate of drug-likeness (QED) is 0.874. The Labute approximate surface area is 143 Å². The van der Waals surface area contributed by atoms with E-state index in [-0.39, 0.29) is 17.3 Å². The molecule has 24 heavy (non-hydrogen) atoms. The first-order chi connectivity index (χ1) is 11.3. The van der Waals surface area contributed by atoms with Gasteiger partial charge in [-0.15, -0.1) is 0 Å². The van der Waals surface area contributed by atoms with Gasteiger partial charge in [0.2, 0.25) is 15.9 Å². The molecule has 0 aliphatic heterocycles. The van der Waals surface area contributed by atoms with Crippen molar-refractivity contribution in [3.63, 3.8) is 0 Å². The van der Waals surface area contributed by atoms with Gasteiger partial charge in [0.05, 0.1) is 11.4 Å². The average molecular weight is 346 g/mol. The molecule has 2 rings (SSSR count). The third kappa shape index (κ3) is 4.43. The van der Waals surface area contributed by atoms with Gasteiger partial charge in [-0.05, 0) is 35.7 Å². The Bertz CT molecular complexity index is 802. The zero-order valence-electron chi connectivity index (χ0n) is 14.1. The predicted molar refractivity (Wildman–Crippen MR) is 95.4 cm³/mol. The van der Waals surface area contributed by atoms with Crippen molar-refractivity contribution in [3.8, 4) is 0 Å². The smallest absolute Gasteiger partial charge is 0.243 e. The monoisotopic (exact) mass is 346 g/mol. The molecule has 5 nitrogen and oxygen atoms in total. The molecule has 1 amide bonds. The second-order valence-corrected chi connectivity index (χ2v) is 7.95. The molecule has 0 aliphatic rings. The van der Waals surface area contributed by atoms with E-state index in [0.29, 0.717) is 11.6 Å². The second kappa shape index (κ2) is 7.59. The molecule has 1 N–H and O–H groups in total. The van der Waals surface area contributed by atoms with E-state index in [1.807, 2.05) is 18.2 Å². The maximum atomic E-state index is 12.4. The molecule has 0 radical (unpaired) electrons. The Balaban J connectivity index is 2.06. The number of carbonyl (C=O) groups excluding carboxylic acids is 1. The molecule has 128 valence electrons. The molecule has 0 spiro atoms. The molecule has 0 unspecified atom stereocenters. The van der Waals surface area contributed by atoms with Crippen LogP contribution in [0.4, 0.5) is 5.69 Å². The van der Waals surface area contributed by atoms with Gasteiger partial charge in [0.25, 0.3) is 0 Å². The van der Waals surface area contributed by atoms with Crippen molar-refractivity contribution in [1.82, 2.24) is 4.31 Å². The number of carbonyl (C=O) groups is 1. The van der Waals surface area contributed by atoms with Gasteiger partial charge in [0.1, 0.15) is 0 Å². The van der Waals surface area contributed by atoms with Crippen LogP contribution in [0.5, 0.6) is 0 Å². The molecule has 0 bridgehead atoms. The maximum Gasteiger partial charge on any atom is 0.243 e. The van der Waals surface area contributed by atoms with Crippen LogP contribution in [-0.2, 0) is 14.8 Å². The second-order valence-electron chi connectivity index (χ2n) is 5.90. The molecule has 0 fully saturated rings. The minimum absolute atomic E-state index is 0.169. The van der Waals surface area contributed by atoms with Crippen molar-refractivity contribution in [2.45, 2.75) is 24.7 Å². The molecule has 0 aromatic heterocycles. The van der Waals surface area contributed by atoms with Gasteiger partial charge < -0.3 is 5.32 Å². The third-order valence-corrected chi connectivity index (χ3v) is 5.47. The first-order valence-corrected chi connectivity index (χ1v) is 9.16. The number of nitrogens with zero attached hydrogens (tertiary/aromatic N) is 1. The lowest BCUT2D eigenvalue weighted by Gasteiger charge is -2.17. The van der Waals surface area contributed by atoms with Gasteiger partial charge in [-0.3, -0.25) is 4.79 Å². The number of amides is 1. The fourth-order valence-electron chi connectivity index (χ4n) is 2.24. The summed E-state index contributed by atoms with van der Waals surface area (Å²) in [6, 6.07) is 15.6. The highest BCUT2D eigenvalue weighted by Gasteiger charge is 2.22. The standard InChI is InChI=1S/C18H22N2O3S/c1-14(2)15-8-7-9-16(12-15)19-18(21)13-20(3)24(22,23)17-10-5-4-6-11-17/h4-12,14H,13H2,1-3H3,(H,19,21). The van der Waals surface area contributed by atoms with Crippen molar-refractivity contribution in [1.29, 1.82) is 0 Å². The zero-order chi connectivity index (χ0) is 17.7. The summed E-state index contributed by atoms with van der Waals surface area (Å²) >= 11 is 0. The number of hydrogen-bond acceptors (Lipinski definition) is 3. The van der Waals surface area contributed by atoms with Crippen LogP contribution >= 0.6 is 0 Å². The molecular weight excluding hydrogens is 324 g/mol. The van der Waals surface area contributed by atoms with Gasteiger partial charge >= 0.3 is 0 Å². The van der Waals surface area contributed by atoms with E-state index in [1.165, 1.54) is 19.2 Å². The van der Waals surface area contributed by atoms with Crippen molar-refractivity contribution in [3.05, 3.63) is 60.2 Å². The lowest BCUT2D eigenvalue weighted by Crippen LogP contribution is -2.34. The zero-order valence-corrected chi connectivity index (χ0v) is 14.9. The number of sulfonamides is 1. The Morgan fingerprint density at radius 2 is 1.75 bits per heavy atom. The van der Waals surface area contributed by atoms with Crippen molar-refractivity contribution < 1.29 is 13.2 Å². The first-order valence-electron chi connectivity index (χ1n) is 7.72. The van der Waals surface area contributed by atoms with E-state index in [0.717, 1.165) is 9.87 Å². The van der Waals surface area contributed by atoms with Crippen molar-refractivity contribution in [2.75, 3.05) is 18.9 Å². The topological polar surface area (TPSA) is 66.5 Å².